The number of allylic oxidation sites excluding steroid dienone is 1. The Labute approximate surface area is 130 Å². The van der Waals surface area contributed by atoms with E-state index in [9.17, 15) is 19.1 Å². The fourth-order valence-electron chi connectivity index (χ4n) is 2.31. The second kappa shape index (κ2) is 5.88. The van der Waals surface area contributed by atoms with Crippen molar-refractivity contribution >= 4 is 22.8 Å². The molecule has 3 rings (SSSR count). The molecule has 114 valence electrons. The fourth-order valence-corrected chi connectivity index (χ4v) is 2.31. The van der Waals surface area contributed by atoms with Crippen LogP contribution in [0, 0.1) is 5.82 Å². The molecule has 0 radical (unpaired) electrons. The second-order valence-electron chi connectivity index (χ2n) is 4.94. The van der Waals surface area contributed by atoms with E-state index < -0.39 is 17.2 Å². The molecular weight excluding hydrogens is 297 g/mol. The van der Waals surface area contributed by atoms with Gasteiger partial charge in [-0.25, -0.2) is 4.39 Å². The first-order valence-corrected chi connectivity index (χ1v) is 6.89. The van der Waals surface area contributed by atoms with Gasteiger partial charge in [0, 0.05) is 10.9 Å². The van der Waals surface area contributed by atoms with E-state index in [0.717, 1.165) is 6.08 Å². The molecule has 0 spiro atoms. The molecule has 0 bridgehead atoms. The summed E-state index contributed by atoms with van der Waals surface area (Å²) in [6.07, 6.45) is 2.34. The van der Waals surface area contributed by atoms with Gasteiger partial charge in [0.05, 0.1) is 5.52 Å². The number of fused-ring (bicyclic) bond motifs is 1. The summed E-state index contributed by atoms with van der Waals surface area (Å²) in [5, 5.41) is 10.6. The lowest BCUT2D eigenvalue weighted by atomic mass is 10.1. The van der Waals surface area contributed by atoms with Crippen LogP contribution in [0.3, 0.4) is 0 Å². The third-order valence-corrected chi connectivity index (χ3v) is 3.46. The molecule has 1 aromatic heterocycles. The van der Waals surface area contributed by atoms with Gasteiger partial charge in [-0.05, 0) is 30.4 Å². The van der Waals surface area contributed by atoms with Gasteiger partial charge >= 0.3 is 0 Å². The van der Waals surface area contributed by atoms with Crippen LogP contribution >= 0.6 is 0 Å². The summed E-state index contributed by atoms with van der Waals surface area (Å²) in [4.78, 5) is 26.8. The average molecular weight is 309 g/mol. The van der Waals surface area contributed by atoms with E-state index in [1.54, 1.807) is 30.3 Å². The van der Waals surface area contributed by atoms with Gasteiger partial charge in [0.1, 0.15) is 17.1 Å². The largest absolute Gasteiger partial charge is 0.506 e. The molecule has 0 aliphatic heterocycles. The zero-order chi connectivity index (χ0) is 16.4. The number of carbonyl (C=O) groups excluding carboxylic acids is 1. The predicted octanol–water partition coefficient (Wildman–Crippen LogP) is 3.27. The van der Waals surface area contributed by atoms with E-state index in [1.165, 1.54) is 24.3 Å². The van der Waals surface area contributed by atoms with Crippen LogP contribution in [-0.2, 0) is 0 Å². The van der Waals surface area contributed by atoms with Crippen LogP contribution in [0.25, 0.3) is 17.0 Å². The number of hydrogen-bond donors (Lipinski definition) is 2. The van der Waals surface area contributed by atoms with Crippen molar-refractivity contribution in [3.05, 3.63) is 81.9 Å². The number of para-hydroxylation sites is 1. The van der Waals surface area contributed by atoms with Crippen molar-refractivity contribution in [3.8, 4) is 5.75 Å². The summed E-state index contributed by atoms with van der Waals surface area (Å²) in [5.41, 5.74) is -0.400. The lowest BCUT2D eigenvalue weighted by Gasteiger charge is -2.04. The summed E-state index contributed by atoms with van der Waals surface area (Å²) in [6, 6.07) is 12.6. The second-order valence-corrected chi connectivity index (χ2v) is 4.94. The maximum absolute atomic E-state index is 13.5. The van der Waals surface area contributed by atoms with Crippen LogP contribution in [0.2, 0.25) is 0 Å². The van der Waals surface area contributed by atoms with Crippen molar-refractivity contribution in [2.24, 2.45) is 0 Å². The Morgan fingerprint density at radius 1 is 1.09 bits per heavy atom. The van der Waals surface area contributed by atoms with E-state index >= 15 is 0 Å². The fraction of sp³-hybridized carbons (Fsp3) is 0. The van der Waals surface area contributed by atoms with Crippen molar-refractivity contribution in [3.63, 3.8) is 0 Å². The molecule has 0 aliphatic carbocycles. The van der Waals surface area contributed by atoms with Crippen molar-refractivity contribution in [2.45, 2.75) is 0 Å². The Morgan fingerprint density at radius 3 is 2.57 bits per heavy atom. The van der Waals surface area contributed by atoms with Crippen LogP contribution in [0.4, 0.5) is 4.39 Å². The monoisotopic (exact) mass is 309 g/mol. The molecule has 0 atom stereocenters. The zero-order valence-corrected chi connectivity index (χ0v) is 11.9. The molecule has 0 saturated heterocycles. The average Bonchev–Trinajstić information content (AvgIpc) is 2.54. The van der Waals surface area contributed by atoms with Gasteiger partial charge in [-0.15, -0.1) is 0 Å². The van der Waals surface area contributed by atoms with E-state index in [4.69, 9.17) is 0 Å². The number of hydrogen-bond acceptors (Lipinski definition) is 3. The van der Waals surface area contributed by atoms with Gasteiger partial charge in [-0.2, -0.15) is 0 Å². The Kier molecular flexibility index (Phi) is 3.76. The maximum Gasteiger partial charge on any atom is 0.263 e. The van der Waals surface area contributed by atoms with Crippen LogP contribution in [-0.4, -0.2) is 15.9 Å². The lowest BCUT2D eigenvalue weighted by Crippen LogP contribution is -2.16. The van der Waals surface area contributed by atoms with Gasteiger partial charge in [-0.1, -0.05) is 30.3 Å². The van der Waals surface area contributed by atoms with Crippen molar-refractivity contribution in [1.82, 2.24) is 4.98 Å². The number of halogens is 1. The quantitative estimate of drug-likeness (QED) is 0.576. The molecule has 4 nitrogen and oxygen atoms in total. The minimum atomic E-state index is -0.697. The SMILES string of the molecule is O=C(/C=C/c1ccccc1F)c1c(O)c2ccccc2[nH]c1=O. The number of carbonyl (C=O) groups is 1. The number of pyridine rings is 1. The van der Waals surface area contributed by atoms with Crippen LogP contribution in [0.15, 0.2) is 59.4 Å². The smallest absolute Gasteiger partial charge is 0.263 e. The molecule has 3 aromatic rings. The Balaban J connectivity index is 2.05. The van der Waals surface area contributed by atoms with Crippen LogP contribution < -0.4 is 5.56 Å². The first-order valence-electron chi connectivity index (χ1n) is 6.89. The van der Waals surface area contributed by atoms with Crippen molar-refractivity contribution < 1.29 is 14.3 Å². The third kappa shape index (κ3) is 2.76. The predicted molar refractivity (Wildman–Crippen MR) is 86.0 cm³/mol. The molecule has 0 aliphatic rings. The van der Waals surface area contributed by atoms with Crippen molar-refractivity contribution in [1.29, 1.82) is 0 Å². The molecule has 1 heterocycles. The molecule has 0 fully saturated rings. The Bertz CT molecular complexity index is 989. The molecule has 2 N–H and O–H groups in total. The third-order valence-electron chi connectivity index (χ3n) is 3.46. The first-order chi connectivity index (χ1) is 11.1. The van der Waals surface area contributed by atoms with Crippen LogP contribution in [0.5, 0.6) is 5.75 Å². The molecular formula is C18H12FNO3. The topological polar surface area (TPSA) is 70.2 Å². The van der Waals surface area contributed by atoms with Gasteiger partial charge in [-0.3, -0.25) is 9.59 Å². The summed E-state index contributed by atoms with van der Waals surface area (Å²) < 4.78 is 13.5. The number of ketones is 1. The highest BCUT2D eigenvalue weighted by Crippen LogP contribution is 2.25. The summed E-state index contributed by atoms with van der Waals surface area (Å²) in [5.74, 6) is -1.56. The molecule has 5 heteroatoms. The Morgan fingerprint density at radius 2 is 1.78 bits per heavy atom. The van der Waals surface area contributed by atoms with E-state index in [2.05, 4.69) is 4.98 Å². The number of rotatable bonds is 3. The van der Waals surface area contributed by atoms with E-state index in [1.807, 2.05) is 0 Å². The van der Waals surface area contributed by atoms with Gasteiger partial charge < -0.3 is 10.1 Å². The number of aromatic nitrogens is 1. The van der Waals surface area contributed by atoms with Gasteiger partial charge in [0.2, 0.25) is 0 Å². The van der Waals surface area contributed by atoms with E-state index in [0.29, 0.717) is 10.9 Å². The highest BCUT2D eigenvalue weighted by atomic mass is 19.1. The number of aromatic hydroxyl groups is 1. The summed E-state index contributed by atoms with van der Waals surface area (Å²) in [7, 11) is 0. The normalized spacial score (nSPS) is 11.2. The van der Waals surface area contributed by atoms with Gasteiger partial charge in [0.25, 0.3) is 5.56 Å². The minimum absolute atomic E-state index is 0.220. The molecule has 0 amide bonds. The molecule has 0 saturated carbocycles. The van der Waals surface area contributed by atoms with E-state index in [-0.39, 0.29) is 16.9 Å². The number of nitrogens with one attached hydrogen (secondary N) is 1. The highest BCUT2D eigenvalue weighted by molar-refractivity contribution is 6.11. The van der Waals surface area contributed by atoms with Crippen LogP contribution in [0.1, 0.15) is 15.9 Å². The van der Waals surface area contributed by atoms with Crippen molar-refractivity contribution in [2.75, 3.05) is 0 Å². The summed E-state index contributed by atoms with van der Waals surface area (Å²) >= 11 is 0. The first kappa shape index (κ1) is 14.7. The standard InChI is InChI=1S/C18H12FNO3/c19-13-7-3-1-5-11(13)9-10-15(21)16-17(22)12-6-2-4-8-14(12)20-18(16)23/h1-10H,(H2,20,22,23)/b10-9+. The number of H-pyrrole nitrogens is 1. The summed E-state index contributed by atoms with van der Waals surface area (Å²) in [6.45, 7) is 0. The number of benzene rings is 2. The Hall–Kier alpha value is -3.21. The highest BCUT2D eigenvalue weighted by Gasteiger charge is 2.16. The maximum atomic E-state index is 13.5. The lowest BCUT2D eigenvalue weighted by molar-refractivity contribution is 0.104. The molecule has 23 heavy (non-hydrogen) atoms. The molecule has 0 unspecified atom stereocenters. The molecule has 2 aromatic carbocycles. The van der Waals surface area contributed by atoms with Gasteiger partial charge in [0.15, 0.2) is 5.78 Å². The zero-order valence-electron chi connectivity index (χ0n) is 11.9. The number of aromatic amines is 1. The minimum Gasteiger partial charge on any atom is -0.506 e.